The highest BCUT2D eigenvalue weighted by molar-refractivity contribution is 6.59. The molecular weight excluding hydrogens is 292 g/mol. The summed E-state index contributed by atoms with van der Waals surface area (Å²) >= 11 is 5.93. The highest BCUT2D eigenvalue weighted by Crippen LogP contribution is 2.20. The summed E-state index contributed by atoms with van der Waals surface area (Å²) in [6.07, 6.45) is -0.676. The zero-order chi connectivity index (χ0) is 15.2. The van der Waals surface area contributed by atoms with E-state index in [1.165, 1.54) is 18.2 Å². The van der Waals surface area contributed by atoms with Gasteiger partial charge in [0.25, 0.3) is 0 Å². The lowest BCUT2D eigenvalue weighted by Crippen LogP contribution is -2.30. The molecule has 0 aromatic heterocycles. The highest BCUT2D eigenvalue weighted by atomic mass is 35.5. The van der Waals surface area contributed by atoms with Gasteiger partial charge in [0.15, 0.2) is 0 Å². The van der Waals surface area contributed by atoms with E-state index in [0.717, 1.165) is 5.56 Å². The predicted octanol–water partition coefficient (Wildman–Crippen LogP) is 1.77. The van der Waals surface area contributed by atoms with Gasteiger partial charge in [0.05, 0.1) is 10.7 Å². The molecule has 0 heterocycles. The van der Waals surface area contributed by atoms with Gasteiger partial charge in [0, 0.05) is 0 Å². The number of carbonyl (C=O) groups is 1. The third-order valence-electron chi connectivity index (χ3n) is 2.74. The van der Waals surface area contributed by atoms with Crippen molar-refractivity contribution in [1.29, 1.82) is 0 Å². The van der Waals surface area contributed by atoms with Crippen molar-refractivity contribution in [2.24, 2.45) is 0 Å². The van der Waals surface area contributed by atoms with Crippen molar-refractivity contribution in [3.63, 3.8) is 0 Å². The van der Waals surface area contributed by atoms with Crippen LogP contribution in [0.5, 0.6) is 0 Å². The van der Waals surface area contributed by atoms with E-state index in [-0.39, 0.29) is 22.8 Å². The van der Waals surface area contributed by atoms with E-state index in [9.17, 15) is 4.79 Å². The van der Waals surface area contributed by atoms with E-state index in [1.54, 1.807) is 0 Å². The van der Waals surface area contributed by atoms with Crippen molar-refractivity contribution in [3.8, 4) is 0 Å². The Bertz CT molecular complexity index is 622. The molecule has 0 atom stereocenters. The molecule has 2 rings (SSSR count). The van der Waals surface area contributed by atoms with Crippen LogP contribution in [0, 0.1) is 0 Å². The second kappa shape index (κ2) is 7.13. The van der Waals surface area contributed by atoms with Crippen LogP contribution < -0.4 is 10.8 Å². The second-order valence-electron chi connectivity index (χ2n) is 4.30. The van der Waals surface area contributed by atoms with Gasteiger partial charge in [0.2, 0.25) is 0 Å². The van der Waals surface area contributed by atoms with Crippen LogP contribution in [-0.2, 0) is 11.3 Å². The maximum Gasteiger partial charge on any atom is 0.488 e. The Morgan fingerprint density at radius 2 is 1.90 bits per heavy atom. The van der Waals surface area contributed by atoms with Crippen molar-refractivity contribution >= 4 is 36.0 Å². The number of carbonyl (C=O) groups excluding carboxylic acids is 1. The number of benzene rings is 2. The third kappa shape index (κ3) is 4.49. The standard InChI is InChI=1S/C14H13BClNO4/c16-12-7-6-11(15(19)20)8-13(12)17-14(18)21-9-10-4-2-1-3-5-10/h1-8,19-20H,9H2,(H,17,18). The second-order valence-corrected chi connectivity index (χ2v) is 4.71. The highest BCUT2D eigenvalue weighted by Gasteiger charge is 2.14. The molecule has 1 amide bonds. The van der Waals surface area contributed by atoms with Gasteiger partial charge in [-0.15, -0.1) is 0 Å². The molecule has 0 saturated heterocycles. The number of hydrogen-bond acceptors (Lipinski definition) is 4. The normalized spacial score (nSPS) is 10.0. The van der Waals surface area contributed by atoms with Crippen molar-refractivity contribution in [3.05, 3.63) is 59.1 Å². The van der Waals surface area contributed by atoms with Crippen molar-refractivity contribution < 1.29 is 19.6 Å². The number of amides is 1. The van der Waals surface area contributed by atoms with Gasteiger partial charge in [-0.05, 0) is 23.2 Å². The monoisotopic (exact) mass is 305 g/mol. The molecule has 108 valence electrons. The first-order valence-corrected chi connectivity index (χ1v) is 6.57. The van der Waals surface area contributed by atoms with Crippen LogP contribution in [0.3, 0.4) is 0 Å². The van der Waals surface area contributed by atoms with Crippen LogP contribution >= 0.6 is 11.6 Å². The Kier molecular flexibility index (Phi) is 5.22. The van der Waals surface area contributed by atoms with Gasteiger partial charge in [-0.25, -0.2) is 4.79 Å². The van der Waals surface area contributed by atoms with Crippen LogP contribution in [0.15, 0.2) is 48.5 Å². The molecule has 0 bridgehead atoms. The zero-order valence-electron chi connectivity index (χ0n) is 11.0. The number of rotatable bonds is 4. The number of anilines is 1. The molecule has 2 aromatic carbocycles. The lowest BCUT2D eigenvalue weighted by atomic mass is 9.80. The van der Waals surface area contributed by atoms with E-state index in [2.05, 4.69) is 5.32 Å². The molecular formula is C14H13BClNO4. The van der Waals surface area contributed by atoms with E-state index < -0.39 is 13.2 Å². The predicted molar refractivity (Wildman–Crippen MR) is 81.5 cm³/mol. The van der Waals surface area contributed by atoms with E-state index >= 15 is 0 Å². The zero-order valence-corrected chi connectivity index (χ0v) is 11.7. The number of ether oxygens (including phenoxy) is 1. The summed E-state index contributed by atoms with van der Waals surface area (Å²) in [6.45, 7) is 0.132. The van der Waals surface area contributed by atoms with Gasteiger partial charge in [0.1, 0.15) is 6.61 Å². The summed E-state index contributed by atoms with van der Waals surface area (Å²) in [5.41, 5.74) is 1.33. The SMILES string of the molecule is O=C(Nc1cc(B(O)O)ccc1Cl)OCc1ccccc1. The number of halogens is 1. The first-order valence-electron chi connectivity index (χ1n) is 6.19. The minimum absolute atomic E-state index is 0.132. The Balaban J connectivity index is 1.98. The quantitative estimate of drug-likeness (QED) is 0.752. The summed E-state index contributed by atoms with van der Waals surface area (Å²) in [4.78, 5) is 11.7. The Morgan fingerprint density at radius 1 is 1.19 bits per heavy atom. The molecule has 0 radical (unpaired) electrons. The molecule has 0 unspecified atom stereocenters. The van der Waals surface area contributed by atoms with Gasteiger partial charge >= 0.3 is 13.2 Å². The molecule has 0 spiro atoms. The van der Waals surface area contributed by atoms with E-state index in [1.807, 2.05) is 30.3 Å². The average Bonchev–Trinajstić information content (AvgIpc) is 2.48. The molecule has 7 heteroatoms. The van der Waals surface area contributed by atoms with Crippen molar-refractivity contribution in [2.75, 3.05) is 5.32 Å². The molecule has 0 saturated carbocycles. The maximum absolute atomic E-state index is 11.7. The Morgan fingerprint density at radius 3 is 2.57 bits per heavy atom. The molecule has 2 aromatic rings. The first-order chi connectivity index (χ1) is 10.1. The molecule has 3 N–H and O–H groups in total. The summed E-state index contributed by atoms with van der Waals surface area (Å²) in [5, 5.41) is 20.9. The largest absolute Gasteiger partial charge is 0.488 e. The van der Waals surface area contributed by atoms with Crippen LogP contribution in [0.1, 0.15) is 5.56 Å². The van der Waals surface area contributed by atoms with Crippen molar-refractivity contribution in [1.82, 2.24) is 0 Å². The number of hydrogen-bond donors (Lipinski definition) is 3. The minimum Gasteiger partial charge on any atom is -0.444 e. The smallest absolute Gasteiger partial charge is 0.444 e. The van der Waals surface area contributed by atoms with Crippen LogP contribution in [0.4, 0.5) is 10.5 Å². The fourth-order valence-corrected chi connectivity index (χ4v) is 1.83. The Labute approximate surface area is 127 Å². The molecule has 21 heavy (non-hydrogen) atoms. The first kappa shape index (κ1) is 15.4. The van der Waals surface area contributed by atoms with Crippen molar-refractivity contribution in [2.45, 2.75) is 6.61 Å². The fraction of sp³-hybridized carbons (Fsp3) is 0.0714. The lowest BCUT2D eigenvalue weighted by molar-refractivity contribution is 0.155. The topological polar surface area (TPSA) is 78.8 Å². The van der Waals surface area contributed by atoms with E-state index in [0.29, 0.717) is 0 Å². The lowest BCUT2D eigenvalue weighted by Gasteiger charge is -2.10. The fourth-order valence-electron chi connectivity index (χ4n) is 1.67. The van der Waals surface area contributed by atoms with Gasteiger partial charge < -0.3 is 14.8 Å². The molecule has 0 fully saturated rings. The Hall–Kier alpha value is -2.02. The van der Waals surface area contributed by atoms with Crippen LogP contribution in [0.2, 0.25) is 5.02 Å². The third-order valence-corrected chi connectivity index (χ3v) is 3.07. The van der Waals surface area contributed by atoms with Crippen LogP contribution in [0.25, 0.3) is 0 Å². The summed E-state index contributed by atoms with van der Waals surface area (Å²) in [7, 11) is -1.64. The number of nitrogens with one attached hydrogen (secondary N) is 1. The van der Waals surface area contributed by atoms with Gasteiger partial charge in [-0.1, -0.05) is 48.0 Å². The molecule has 0 aliphatic rings. The minimum atomic E-state index is -1.64. The molecule has 0 aliphatic heterocycles. The van der Waals surface area contributed by atoms with Crippen LogP contribution in [-0.4, -0.2) is 23.3 Å². The molecule has 5 nitrogen and oxygen atoms in total. The van der Waals surface area contributed by atoms with E-state index in [4.69, 9.17) is 26.4 Å². The van der Waals surface area contributed by atoms with Gasteiger partial charge in [-0.2, -0.15) is 0 Å². The summed E-state index contributed by atoms with van der Waals surface area (Å²) in [5.74, 6) is 0. The maximum atomic E-state index is 11.7. The average molecular weight is 306 g/mol. The van der Waals surface area contributed by atoms with Gasteiger partial charge in [-0.3, -0.25) is 5.32 Å². The summed E-state index contributed by atoms with van der Waals surface area (Å²) < 4.78 is 5.05. The molecule has 0 aliphatic carbocycles. The summed E-state index contributed by atoms with van der Waals surface area (Å²) in [6, 6.07) is 13.5.